The summed E-state index contributed by atoms with van der Waals surface area (Å²) in [7, 11) is 1.57. The molecule has 0 aliphatic carbocycles. The van der Waals surface area contributed by atoms with Crippen LogP contribution >= 0.6 is 12.4 Å². The molecule has 12 nitrogen and oxygen atoms in total. The van der Waals surface area contributed by atoms with Crippen molar-refractivity contribution in [1.82, 2.24) is 14.9 Å². The van der Waals surface area contributed by atoms with E-state index >= 15 is 0 Å². The summed E-state index contributed by atoms with van der Waals surface area (Å²) >= 11 is 0. The number of aromatic amines is 1. The number of H-pyrrole nitrogens is 1. The van der Waals surface area contributed by atoms with Gasteiger partial charge in [0.1, 0.15) is 11.8 Å². The number of rotatable bonds is 11. The second-order valence-electron chi connectivity index (χ2n) is 10.5. The maximum atomic E-state index is 13.5. The van der Waals surface area contributed by atoms with Crippen LogP contribution in [0.4, 0.5) is 0 Å². The lowest BCUT2D eigenvalue weighted by Gasteiger charge is -2.16. The summed E-state index contributed by atoms with van der Waals surface area (Å²) in [6.45, 7) is 4.89. The van der Waals surface area contributed by atoms with Gasteiger partial charge in [-0.1, -0.05) is 38.1 Å². The van der Waals surface area contributed by atoms with E-state index in [0.29, 0.717) is 16.8 Å². The standard InChI is InChI=1S/C32H34N4O8.ClH/c1-18(2)27(33)31(40)44-17-43-30(39)22-9-7-21(8-10-22)19(3)36-29(38)25-15-23(11-14-26(25)35-32(36)41)28(37)34-16-20-5-12-24(42-4)13-6-20;/h5-15,18-19,27H,16-17,33H2,1-4H3,(H,34,37)(H,35,41);1H. The first-order valence-corrected chi connectivity index (χ1v) is 13.9. The zero-order valence-corrected chi connectivity index (χ0v) is 26.0. The van der Waals surface area contributed by atoms with Crippen molar-refractivity contribution in [3.63, 3.8) is 0 Å². The largest absolute Gasteiger partial charge is 0.497 e. The molecule has 4 aromatic rings. The highest BCUT2D eigenvalue weighted by molar-refractivity contribution is 5.97. The molecule has 0 spiro atoms. The number of fused-ring (bicyclic) bond motifs is 1. The van der Waals surface area contributed by atoms with Crippen LogP contribution in [0.15, 0.2) is 76.3 Å². The number of ether oxygens (including phenoxy) is 3. The molecule has 1 heterocycles. The van der Waals surface area contributed by atoms with Crippen LogP contribution in [0.25, 0.3) is 10.9 Å². The smallest absolute Gasteiger partial charge is 0.340 e. The number of benzene rings is 3. The van der Waals surface area contributed by atoms with Crippen LogP contribution < -0.4 is 27.0 Å². The number of hydrogen-bond donors (Lipinski definition) is 3. The van der Waals surface area contributed by atoms with Gasteiger partial charge in [0.05, 0.1) is 29.6 Å². The first-order valence-electron chi connectivity index (χ1n) is 13.9. The zero-order chi connectivity index (χ0) is 32.0. The number of esters is 2. The molecule has 4 rings (SSSR count). The highest BCUT2D eigenvalue weighted by Gasteiger charge is 2.20. The lowest BCUT2D eigenvalue weighted by Crippen LogP contribution is -2.37. The highest BCUT2D eigenvalue weighted by atomic mass is 35.5. The van der Waals surface area contributed by atoms with Gasteiger partial charge in [0.2, 0.25) is 6.79 Å². The van der Waals surface area contributed by atoms with Crippen molar-refractivity contribution in [1.29, 1.82) is 0 Å². The second-order valence-corrected chi connectivity index (χ2v) is 10.5. The quantitative estimate of drug-likeness (QED) is 0.165. The van der Waals surface area contributed by atoms with E-state index in [-0.39, 0.29) is 47.3 Å². The number of halogens is 1. The van der Waals surface area contributed by atoms with Crippen LogP contribution in [0.3, 0.4) is 0 Å². The van der Waals surface area contributed by atoms with E-state index in [9.17, 15) is 24.0 Å². The Hall–Kier alpha value is -4.94. The van der Waals surface area contributed by atoms with Crippen LogP contribution in [0.5, 0.6) is 5.75 Å². The SMILES string of the molecule is COc1ccc(CNC(=O)c2ccc3[nH]c(=O)n(C(C)c4ccc(C(=O)OCOC(=O)C(N)C(C)C)cc4)c(=O)c3c2)cc1.Cl. The first kappa shape index (κ1) is 34.5. The summed E-state index contributed by atoms with van der Waals surface area (Å²) < 4.78 is 16.1. The van der Waals surface area contributed by atoms with Crippen molar-refractivity contribution in [2.45, 2.75) is 39.4 Å². The van der Waals surface area contributed by atoms with Gasteiger partial charge in [-0.25, -0.2) is 9.59 Å². The van der Waals surface area contributed by atoms with E-state index in [1.54, 1.807) is 52.1 Å². The number of carbonyl (C=O) groups excluding carboxylic acids is 3. The molecular formula is C32H35ClN4O8. The van der Waals surface area contributed by atoms with Crippen molar-refractivity contribution >= 4 is 41.2 Å². The first-order chi connectivity index (χ1) is 21.0. The monoisotopic (exact) mass is 638 g/mol. The molecule has 0 fully saturated rings. The van der Waals surface area contributed by atoms with Gasteiger partial charge in [0, 0.05) is 12.1 Å². The molecule has 0 saturated carbocycles. The van der Waals surface area contributed by atoms with Crippen LogP contribution in [-0.4, -0.2) is 47.3 Å². The van der Waals surface area contributed by atoms with Gasteiger partial charge in [-0.05, 0) is 66.4 Å². The number of nitrogens with one attached hydrogen (secondary N) is 2. The molecule has 0 saturated heterocycles. The van der Waals surface area contributed by atoms with Crippen LogP contribution in [0.1, 0.15) is 58.7 Å². The van der Waals surface area contributed by atoms with Gasteiger partial charge in [-0.2, -0.15) is 0 Å². The van der Waals surface area contributed by atoms with Gasteiger partial charge in [-0.3, -0.25) is 19.0 Å². The van der Waals surface area contributed by atoms with E-state index in [1.807, 2.05) is 12.1 Å². The zero-order valence-electron chi connectivity index (χ0n) is 25.2. The Morgan fingerprint density at radius 1 is 0.911 bits per heavy atom. The van der Waals surface area contributed by atoms with Crippen molar-refractivity contribution < 1.29 is 28.6 Å². The molecule has 0 aliphatic rings. The third-order valence-corrected chi connectivity index (χ3v) is 7.20. The molecule has 13 heteroatoms. The molecule has 2 unspecified atom stereocenters. The predicted molar refractivity (Wildman–Crippen MR) is 170 cm³/mol. The van der Waals surface area contributed by atoms with Crippen LogP contribution in [0.2, 0.25) is 0 Å². The Kier molecular flexibility index (Phi) is 11.7. The van der Waals surface area contributed by atoms with Gasteiger partial charge >= 0.3 is 17.6 Å². The van der Waals surface area contributed by atoms with Crippen LogP contribution in [-0.2, 0) is 20.8 Å². The fourth-order valence-electron chi connectivity index (χ4n) is 4.39. The summed E-state index contributed by atoms with van der Waals surface area (Å²) in [5, 5.41) is 2.99. The van der Waals surface area contributed by atoms with Gasteiger partial charge in [-0.15, -0.1) is 12.4 Å². The molecule has 1 aromatic heterocycles. The van der Waals surface area contributed by atoms with Gasteiger partial charge in [0.25, 0.3) is 11.5 Å². The van der Waals surface area contributed by atoms with E-state index in [1.165, 1.54) is 30.3 Å². The van der Waals surface area contributed by atoms with Gasteiger partial charge < -0.3 is 30.2 Å². The Morgan fingerprint density at radius 3 is 2.18 bits per heavy atom. The molecule has 4 N–H and O–H groups in total. The highest BCUT2D eigenvalue weighted by Crippen LogP contribution is 2.18. The topological polar surface area (TPSA) is 172 Å². The summed E-state index contributed by atoms with van der Waals surface area (Å²) in [5.74, 6) is -1.21. The average molecular weight is 639 g/mol. The lowest BCUT2D eigenvalue weighted by molar-refractivity contribution is -0.154. The van der Waals surface area contributed by atoms with Gasteiger partial charge in [0.15, 0.2) is 0 Å². The Bertz CT molecular complexity index is 1780. The fourth-order valence-corrected chi connectivity index (χ4v) is 4.39. The molecule has 45 heavy (non-hydrogen) atoms. The van der Waals surface area contributed by atoms with Crippen molar-refractivity contribution in [2.24, 2.45) is 11.7 Å². The number of nitrogens with zero attached hydrogens (tertiary/aromatic N) is 1. The fraction of sp³-hybridized carbons (Fsp3) is 0.281. The van der Waals surface area contributed by atoms with E-state index in [4.69, 9.17) is 19.9 Å². The van der Waals surface area contributed by atoms with Crippen LogP contribution in [0, 0.1) is 5.92 Å². The molecule has 3 aromatic carbocycles. The number of aromatic nitrogens is 2. The summed E-state index contributed by atoms with van der Waals surface area (Å²) in [6.07, 6.45) is 0. The number of nitrogens with two attached hydrogens (primary N) is 1. The summed E-state index contributed by atoms with van der Waals surface area (Å²) in [5.41, 5.74) is 6.67. The van der Waals surface area contributed by atoms with Crippen molar-refractivity contribution in [3.05, 3.63) is 110 Å². The molecule has 238 valence electrons. The normalized spacial score (nSPS) is 12.1. The Balaban J connectivity index is 0.00000552. The maximum Gasteiger partial charge on any atom is 0.340 e. The molecule has 1 amide bonds. The van der Waals surface area contributed by atoms with E-state index < -0.39 is 42.1 Å². The second kappa shape index (κ2) is 15.2. The molecule has 2 atom stereocenters. The predicted octanol–water partition coefficient (Wildman–Crippen LogP) is 3.30. The Labute approximate surface area is 264 Å². The third-order valence-electron chi connectivity index (χ3n) is 7.20. The molecule has 0 aliphatic heterocycles. The Morgan fingerprint density at radius 2 is 1.56 bits per heavy atom. The molecule has 0 radical (unpaired) electrons. The lowest BCUT2D eigenvalue weighted by atomic mass is 10.1. The minimum Gasteiger partial charge on any atom is -0.497 e. The molecule has 0 bridgehead atoms. The maximum absolute atomic E-state index is 13.5. The molecular weight excluding hydrogens is 604 g/mol. The summed E-state index contributed by atoms with van der Waals surface area (Å²) in [6, 6.07) is 16.3. The minimum atomic E-state index is -0.829. The third kappa shape index (κ3) is 8.16. The number of amides is 1. The summed E-state index contributed by atoms with van der Waals surface area (Å²) in [4.78, 5) is 66.2. The van der Waals surface area contributed by atoms with Crippen molar-refractivity contribution in [3.8, 4) is 5.75 Å². The average Bonchev–Trinajstić information content (AvgIpc) is 3.03. The van der Waals surface area contributed by atoms with E-state index in [0.717, 1.165) is 10.1 Å². The number of methoxy groups -OCH3 is 1. The van der Waals surface area contributed by atoms with E-state index in [2.05, 4.69) is 10.3 Å². The number of hydrogen-bond acceptors (Lipinski definition) is 9. The van der Waals surface area contributed by atoms with Crippen molar-refractivity contribution in [2.75, 3.05) is 13.9 Å². The number of carbonyl (C=O) groups is 3. The minimum absolute atomic E-state index is 0.